The van der Waals surface area contributed by atoms with E-state index in [1.54, 1.807) is 0 Å². The third-order valence-corrected chi connectivity index (χ3v) is 3.44. The molecule has 0 aliphatic rings. The highest BCUT2D eigenvalue weighted by Crippen LogP contribution is 2.32. The van der Waals surface area contributed by atoms with Crippen molar-refractivity contribution in [3.05, 3.63) is 34.9 Å². The Labute approximate surface area is 125 Å². The highest BCUT2D eigenvalue weighted by molar-refractivity contribution is 7.78. The van der Waals surface area contributed by atoms with Gasteiger partial charge in [-0.1, -0.05) is 18.2 Å². The molecule has 0 amide bonds. The van der Waals surface area contributed by atoms with Gasteiger partial charge in [-0.25, -0.2) is 9.98 Å². The van der Waals surface area contributed by atoms with Gasteiger partial charge in [0, 0.05) is 0 Å². The highest BCUT2D eigenvalue weighted by atomic mass is 32.1. The number of isothiocyanates is 2. The molecule has 19 heavy (non-hydrogen) atoms. The number of nitrogens with zero attached hydrogens (tertiary/aromatic N) is 2. The minimum absolute atomic E-state index is 0.387. The summed E-state index contributed by atoms with van der Waals surface area (Å²) in [5.74, 6) is 0. The van der Waals surface area contributed by atoms with Gasteiger partial charge in [-0.2, -0.15) is 0 Å². The molecule has 0 saturated heterocycles. The monoisotopic (exact) mass is 290 g/mol. The second-order valence-corrected chi connectivity index (χ2v) is 5.92. The molecule has 0 radical (unpaired) electrons. The number of thiocarbonyl (C=S) groups is 2. The molecule has 0 fully saturated rings. The summed E-state index contributed by atoms with van der Waals surface area (Å²) in [5, 5.41) is 4.93. The van der Waals surface area contributed by atoms with Crippen molar-refractivity contribution in [2.24, 2.45) is 9.98 Å². The van der Waals surface area contributed by atoms with Gasteiger partial charge in [0.15, 0.2) is 0 Å². The van der Waals surface area contributed by atoms with E-state index < -0.39 is 0 Å². The highest BCUT2D eigenvalue weighted by Gasteiger charge is 2.25. The van der Waals surface area contributed by atoms with Crippen LogP contribution in [0.4, 0.5) is 0 Å². The Morgan fingerprint density at radius 2 is 1.47 bits per heavy atom. The van der Waals surface area contributed by atoms with E-state index >= 15 is 0 Å². The maximum Gasteiger partial charge on any atom is 0.0906 e. The first-order chi connectivity index (χ1) is 8.74. The fraction of sp³-hybridized carbons (Fsp3) is 0.467. The average molecular weight is 290 g/mol. The van der Waals surface area contributed by atoms with Crippen molar-refractivity contribution in [2.45, 2.75) is 45.7 Å². The van der Waals surface area contributed by atoms with E-state index in [-0.39, 0.29) is 11.1 Å². The summed E-state index contributed by atoms with van der Waals surface area (Å²) in [6.45, 7) is 10.1. The molecule has 0 bridgehead atoms. The molecule has 0 aliphatic heterocycles. The first-order valence-electron chi connectivity index (χ1n) is 6.04. The maximum atomic E-state index is 4.73. The van der Waals surface area contributed by atoms with E-state index in [0.29, 0.717) is 0 Å². The fourth-order valence-electron chi connectivity index (χ4n) is 2.01. The number of hydrogen-bond donors (Lipinski definition) is 0. The zero-order valence-corrected chi connectivity index (χ0v) is 13.6. The maximum absolute atomic E-state index is 4.73. The Morgan fingerprint density at radius 3 is 2.00 bits per heavy atom. The Hall–Kier alpha value is -1.18. The predicted molar refractivity (Wildman–Crippen MR) is 87.3 cm³/mol. The number of aryl methyl sites for hydroxylation is 1. The van der Waals surface area contributed by atoms with Crippen LogP contribution in [-0.4, -0.2) is 10.3 Å². The van der Waals surface area contributed by atoms with Gasteiger partial charge in [0.1, 0.15) is 0 Å². The van der Waals surface area contributed by atoms with E-state index in [4.69, 9.17) is 24.4 Å². The van der Waals surface area contributed by atoms with Crippen LogP contribution < -0.4 is 0 Å². The third-order valence-electron chi connectivity index (χ3n) is 3.25. The molecule has 100 valence electrons. The van der Waals surface area contributed by atoms with Crippen LogP contribution in [-0.2, 0) is 11.1 Å². The molecule has 0 N–H and O–H groups in total. The summed E-state index contributed by atoms with van der Waals surface area (Å²) in [4.78, 5) is 8.48. The van der Waals surface area contributed by atoms with Crippen LogP contribution in [0.25, 0.3) is 0 Å². The second kappa shape index (κ2) is 5.85. The van der Waals surface area contributed by atoms with Crippen LogP contribution in [0.15, 0.2) is 28.2 Å². The largest absolute Gasteiger partial charge is 0.222 e. The number of aliphatic imine (C=N–C) groups is 2. The molecular formula is C15H18N2S2. The van der Waals surface area contributed by atoms with Crippen LogP contribution in [0.1, 0.15) is 44.4 Å². The Morgan fingerprint density at radius 1 is 0.947 bits per heavy atom. The standard InChI is InChI=1S/C15H18N2S2/c1-11-6-7-12(14(2,3)16-9-18)8-13(11)15(4,5)17-10-19/h6-8H,1-5H3. The van der Waals surface area contributed by atoms with Gasteiger partial charge in [-0.15, -0.1) is 0 Å². The van der Waals surface area contributed by atoms with Crippen LogP contribution in [0.3, 0.4) is 0 Å². The van der Waals surface area contributed by atoms with Crippen molar-refractivity contribution >= 4 is 34.8 Å². The lowest BCUT2D eigenvalue weighted by atomic mass is 9.85. The van der Waals surface area contributed by atoms with E-state index in [1.165, 1.54) is 5.56 Å². The minimum atomic E-state index is -0.390. The molecule has 0 unspecified atom stereocenters. The van der Waals surface area contributed by atoms with Crippen molar-refractivity contribution in [3.8, 4) is 0 Å². The predicted octanol–water partition coefficient (Wildman–Crippen LogP) is 4.67. The SMILES string of the molecule is Cc1ccc(C(C)(C)N=C=S)cc1C(C)(C)N=C=S. The van der Waals surface area contributed by atoms with Gasteiger partial charge in [-0.05, 0) is 75.7 Å². The third kappa shape index (κ3) is 3.65. The zero-order chi connectivity index (χ0) is 14.7. The Kier molecular flexibility index (Phi) is 4.89. The van der Waals surface area contributed by atoms with Gasteiger partial charge < -0.3 is 0 Å². The first kappa shape index (κ1) is 15.9. The fourth-order valence-corrected chi connectivity index (χ4v) is 2.47. The first-order valence-corrected chi connectivity index (χ1v) is 6.86. The van der Waals surface area contributed by atoms with E-state index in [1.807, 2.05) is 27.7 Å². The van der Waals surface area contributed by atoms with Gasteiger partial charge in [0.25, 0.3) is 0 Å². The summed E-state index contributed by atoms with van der Waals surface area (Å²) in [5.41, 5.74) is 2.60. The molecule has 0 aromatic heterocycles. The molecule has 0 atom stereocenters. The van der Waals surface area contributed by atoms with E-state index in [9.17, 15) is 0 Å². The number of benzene rings is 1. The average Bonchev–Trinajstić information content (AvgIpc) is 2.28. The van der Waals surface area contributed by atoms with Crippen molar-refractivity contribution in [3.63, 3.8) is 0 Å². The van der Waals surface area contributed by atoms with Crippen molar-refractivity contribution in [1.82, 2.24) is 0 Å². The topological polar surface area (TPSA) is 24.7 Å². The molecule has 0 heterocycles. The lowest BCUT2D eigenvalue weighted by molar-refractivity contribution is 0.540. The van der Waals surface area contributed by atoms with Gasteiger partial charge in [-0.3, -0.25) is 0 Å². The van der Waals surface area contributed by atoms with Crippen LogP contribution >= 0.6 is 24.4 Å². The normalized spacial score (nSPS) is 11.4. The van der Waals surface area contributed by atoms with Crippen molar-refractivity contribution < 1.29 is 0 Å². The van der Waals surface area contributed by atoms with E-state index in [0.717, 1.165) is 11.1 Å². The van der Waals surface area contributed by atoms with Gasteiger partial charge in [0.2, 0.25) is 0 Å². The molecule has 1 aromatic rings. The lowest BCUT2D eigenvalue weighted by Crippen LogP contribution is -2.19. The van der Waals surface area contributed by atoms with Crippen molar-refractivity contribution in [2.75, 3.05) is 0 Å². The molecule has 0 aliphatic carbocycles. The Balaban J connectivity index is 3.45. The van der Waals surface area contributed by atoms with Crippen LogP contribution in [0.5, 0.6) is 0 Å². The summed E-state index contributed by atoms with van der Waals surface area (Å²) in [7, 11) is 0. The quantitative estimate of drug-likeness (QED) is 0.594. The second-order valence-electron chi connectivity index (χ2n) is 5.55. The molecular weight excluding hydrogens is 272 g/mol. The van der Waals surface area contributed by atoms with Gasteiger partial charge in [0.05, 0.1) is 21.4 Å². The molecule has 1 aromatic carbocycles. The molecule has 0 spiro atoms. The van der Waals surface area contributed by atoms with Crippen LogP contribution in [0.2, 0.25) is 0 Å². The van der Waals surface area contributed by atoms with Crippen LogP contribution in [0, 0.1) is 6.92 Å². The zero-order valence-electron chi connectivity index (χ0n) is 11.9. The molecule has 2 nitrogen and oxygen atoms in total. The molecule has 4 heteroatoms. The van der Waals surface area contributed by atoms with E-state index in [2.05, 4.69) is 45.4 Å². The summed E-state index contributed by atoms with van der Waals surface area (Å²) >= 11 is 9.45. The smallest absolute Gasteiger partial charge is 0.0906 e. The summed E-state index contributed by atoms with van der Waals surface area (Å²) in [6.07, 6.45) is 0. The summed E-state index contributed by atoms with van der Waals surface area (Å²) in [6, 6.07) is 6.25. The number of rotatable bonds is 4. The minimum Gasteiger partial charge on any atom is -0.222 e. The molecule has 1 rings (SSSR count). The summed E-state index contributed by atoms with van der Waals surface area (Å²) < 4.78 is 0. The number of hydrogen-bond acceptors (Lipinski definition) is 4. The molecule has 0 saturated carbocycles. The van der Waals surface area contributed by atoms with Crippen molar-refractivity contribution in [1.29, 1.82) is 0 Å². The van der Waals surface area contributed by atoms with Gasteiger partial charge >= 0.3 is 0 Å². The lowest BCUT2D eigenvalue weighted by Gasteiger charge is -2.25. The Bertz CT molecular complexity index is 576.